The minimum absolute atomic E-state index is 0.135. The topological polar surface area (TPSA) is 64.6 Å². The molecule has 0 saturated carbocycles. The number of hydrogen-bond acceptors (Lipinski definition) is 4. The van der Waals surface area contributed by atoms with Gasteiger partial charge >= 0.3 is 5.97 Å². The number of nitrogens with one attached hydrogen (secondary N) is 1. The van der Waals surface area contributed by atoms with Crippen molar-refractivity contribution < 1.29 is 19.1 Å². The van der Waals surface area contributed by atoms with Gasteiger partial charge in [-0.3, -0.25) is 4.79 Å². The highest BCUT2D eigenvalue weighted by molar-refractivity contribution is 5.86. The third kappa shape index (κ3) is 3.48. The summed E-state index contributed by atoms with van der Waals surface area (Å²) in [7, 11) is 1.30. The fourth-order valence-electron chi connectivity index (χ4n) is 1.70. The molecule has 0 spiro atoms. The predicted molar refractivity (Wildman–Crippen MR) is 57.8 cm³/mol. The van der Waals surface area contributed by atoms with Crippen LogP contribution in [0.25, 0.3) is 0 Å². The summed E-state index contributed by atoms with van der Waals surface area (Å²) in [5, 5.41) is 2.60. The number of ether oxygens (including phenoxy) is 2. The van der Waals surface area contributed by atoms with E-state index in [0.717, 1.165) is 0 Å². The number of amides is 1. The summed E-state index contributed by atoms with van der Waals surface area (Å²) >= 11 is 0. The van der Waals surface area contributed by atoms with Crippen LogP contribution in [-0.4, -0.2) is 36.7 Å². The monoisotopic (exact) mass is 229 g/mol. The minimum atomic E-state index is -0.689. The Morgan fingerprint density at radius 3 is 2.56 bits per heavy atom. The van der Waals surface area contributed by atoms with Crippen molar-refractivity contribution in [2.45, 2.75) is 51.4 Å². The van der Waals surface area contributed by atoms with Gasteiger partial charge in [0.2, 0.25) is 5.91 Å². The number of piperidine rings is 1. The van der Waals surface area contributed by atoms with Crippen LogP contribution >= 0.6 is 0 Å². The summed E-state index contributed by atoms with van der Waals surface area (Å²) in [5.41, 5.74) is -0.348. The molecule has 5 nitrogen and oxygen atoms in total. The van der Waals surface area contributed by atoms with Gasteiger partial charge in [-0.05, 0) is 27.2 Å². The quantitative estimate of drug-likeness (QED) is 0.705. The Hall–Kier alpha value is -1.10. The Bertz CT molecular complexity index is 282. The van der Waals surface area contributed by atoms with Gasteiger partial charge in [0, 0.05) is 6.42 Å². The molecule has 1 aliphatic heterocycles. The third-order valence-corrected chi connectivity index (χ3v) is 2.30. The van der Waals surface area contributed by atoms with E-state index in [4.69, 9.17) is 4.74 Å². The van der Waals surface area contributed by atoms with Crippen molar-refractivity contribution in [1.29, 1.82) is 0 Å². The van der Waals surface area contributed by atoms with Gasteiger partial charge in [-0.1, -0.05) is 0 Å². The molecule has 1 saturated heterocycles. The van der Waals surface area contributed by atoms with Crippen molar-refractivity contribution in [2.24, 2.45) is 0 Å². The first kappa shape index (κ1) is 13.0. The number of hydrogen-bond donors (Lipinski definition) is 1. The number of carbonyl (C=O) groups excluding carboxylic acids is 2. The van der Waals surface area contributed by atoms with Gasteiger partial charge < -0.3 is 14.8 Å². The summed E-state index contributed by atoms with van der Waals surface area (Å²) < 4.78 is 10.4. The Kier molecular flexibility index (Phi) is 3.91. The molecule has 1 fully saturated rings. The van der Waals surface area contributed by atoms with E-state index in [9.17, 15) is 9.59 Å². The van der Waals surface area contributed by atoms with Crippen LogP contribution in [0.15, 0.2) is 0 Å². The maximum absolute atomic E-state index is 11.5. The summed E-state index contributed by atoms with van der Waals surface area (Å²) in [4.78, 5) is 22.7. The molecule has 1 N–H and O–H groups in total. The van der Waals surface area contributed by atoms with Crippen molar-refractivity contribution in [2.75, 3.05) is 7.11 Å². The molecular formula is C11H19NO4. The SMILES string of the molecule is COC(=O)[C@@H]1NC(=O)CC[C@H]1OC(C)(C)C. The van der Waals surface area contributed by atoms with Crippen LogP contribution in [0.5, 0.6) is 0 Å². The molecule has 2 atom stereocenters. The smallest absolute Gasteiger partial charge is 0.331 e. The minimum Gasteiger partial charge on any atom is -0.467 e. The van der Waals surface area contributed by atoms with Crippen LogP contribution in [0, 0.1) is 0 Å². The van der Waals surface area contributed by atoms with Crippen molar-refractivity contribution in [3.63, 3.8) is 0 Å². The Morgan fingerprint density at radius 1 is 1.44 bits per heavy atom. The molecule has 0 bridgehead atoms. The zero-order valence-electron chi connectivity index (χ0n) is 10.2. The second kappa shape index (κ2) is 4.82. The standard InChI is InChI=1S/C11H19NO4/c1-11(2,3)16-7-5-6-8(13)12-9(7)10(14)15-4/h7,9H,5-6H2,1-4H3,(H,12,13)/t7-,9-/m1/s1. The molecule has 0 aromatic heterocycles. The van der Waals surface area contributed by atoms with Gasteiger partial charge in [0.1, 0.15) is 0 Å². The van der Waals surface area contributed by atoms with E-state index in [1.165, 1.54) is 7.11 Å². The van der Waals surface area contributed by atoms with E-state index in [-0.39, 0.29) is 17.6 Å². The molecule has 0 aromatic carbocycles. The predicted octanol–water partition coefficient (Wildman–Crippen LogP) is 0.622. The Morgan fingerprint density at radius 2 is 2.06 bits per heavy atom. The average Bonchev–Trinajstić information content (AvgIpc) is 2.17. The van der Waals surface area contributed by atoms with Gasteiger partial charge in [0.15, 0.2) is 6.04 Å². The van der Waals surface area contributed by atoms with Gasteiger partial charge in [-0.2, -0.15) is 0 Å². The number of esters is 1. The lowest BCUT2D eigenvalue weighted by Gasteiger charge is -2.35. The van der Waals surface area contributed by atoms with E-state index < -0.39 is 12.0 Å². The highest BCUT2D eigenvalue weighted by atomic mass is 16.5. The Balaban J connectivity index is 2.72. The molecule has 0 aliphatic carbocycles. The normalized spacial score (nSPS) is 26.1. The lowest BCUT2D eigenvalue weighted by atomic mass is 9.99. The van der Waals surface area contributed by atoms with E-state index in [1.807, 2.05) is 20.8 Å². The van der Waals surface area contributed by atoms with Gasteiger partial charge in [0.05, 0.1) is 18.8 Å². The van der Waals surface area contributed by atoms with Gasteiger partial charge in [-0.15, -0.1) is 0 Å². The van der Waals surface area contributed by atoms with Crippen molar-refractivity contribution in [1.82, 2.24) is 5.32 Å². The Labute approximate surface area is 95.5 Å². The third-order valence-electron chi connectivity index (χ3n) is 2.30. The fourth-order valence-corrected chi connectivity index (χ4v) is 1.70. The molecule has 16 heavy (non-hydrogen) atoms. The van der Waals surface area contributed by atoms with E-state index in [0.29, 0.717) is 12.8 Å². The molecule has 0 radical (unpaired) electrons. The van der Waals surface area contributed by atoms with E-state index >= 15 is 0 Å². The zero-order valence-corrected chi connectivity index (χ0v) is 10.2. The first-order valence-corrected chi connectivity index (χ1v) is 5.38. The summed E-state index contributed by atoms with van der Waals surface area (Å²) in [6.45, 7) is 5.74. The van der Waals surface area contributed by atoms with Crippen molar-refractivity contribution in [3.05, 3.63) is 0 Å². The maximum atomic E-state index is 11.5. The fraction of sp³-hybridized carbons (Fsp3) is 0.818. The lowest BCUT2D eigenvalue weighted by molar-refractivity contribution is -0.158. The largest absolute Gasteiger partial charge is 0.467 e. The van der Waals surface area contributed by atoms with Crippen LogP contribution in [0.2, 0.25) is 0 Å². The van der Waals surface area contributed by atoms with E-state index in [2.05, 4.69) is 10.1 Å². The van der Waals surface area contributed by atoms with Gasteiger partial charge in [-0.25, -0.2) is 4.79 Å². The maximum Gasteiger partial charge on any atom is 0.331 e. The number of methoxy groups -OCH3 is 1. The van der Waals surface area contributed by atoms with Crippen LogP contribution in [-0.2, 0) is 19.1 Å². The van der Waals surface area contributed by atoms with Gasteiger partial charge in [0.25, 0.3) is 0 Å². The molecule has 0 unspecified atom stereocenters. The molecule has 1 aliphatic rings. The van der Waals surface area contributed by atoms with Crippen LogP contribution in [0.3, 0.4) is 0 Å². The summed E-state index contributed by atoms with van der Waals surface area (Å²) in [5.74, 6) is -0.591. The second-order valence-electron chi connectivity index (χ2n) is 4.88. The highest BCUT2D eigenvalue weighted by Crippen LogP contribution is 2.20. The molecule has 0 aromatic rings. The lowest BCUT2D eigenvalue weighted by Crippen LogP contribution is -2.55. The molecule has 5 heteroatoms. The van der Waals surface area contributed by atoms with Crippen LogP contribution in [0.1, 0.15) is 33.6 Å². The van der Waals surface area contributed by atoms with Crippen LogP contribution in [0.4, 0.5) is 0 Å². The molecule has 1 heterocycles. The highest BCUT2D eigenvalue weighted by Gasteiger charge is 2.37. The van der Waals surface area contributed by atoms with Crippen LogP contribution < -0.4 is 5.32 Å². The van der Waals surface area contributed by atoms with E-state index in [1.54, 1.807) is 0 Å². The molecular weight excluding hydrogens is 210 g/mol. The van der Waals surface area contributed by atoms with Crippen molar-refractivity contribution in [3.8, 4) is 0 Å². The number of carbonyl (C=O) groups is 2. The summed E-state index contributed by atoms with van der Waals surface area (Å²) in [6.07, 6.45) is 0.613. The zero-order chi connectivity index (χ0) is 12.3. The average molecular weight is 229 g/mol. The molecule has 1 rings (SSSR count). The molecule has 1 amide bonds. The first-order valence-electron chi connectivity index (χ1n) is 5.38. The second-order valence-corrected chi connectivity index (χ2v) is 4.88. The summed E-state index contributed by atoms with van der Waals surface area (Å²) in [6, 6.07) is -0.689. The number of rotatable bonds is 2. The first-order chi connectivity index (χ1) is 7.33. The molecule has 92 valence electrons. The van der Waals surface area contributed by atoms with Crippen molar-refractivity contribution >= 4 is 11.9 Å².